The average Bonchev–Trinajstić information content (AvgIpc) is 3.38. The third-order valence-corrected chi connectivity index (χ3v) is 22.6. The largest absolute Gasteiger partial charge is 0.545 e. The Morgan fingerprint density at radius 3 is 1.72 bits per heavy atom. The summed E-state index contributed by atoms with van der Waals surface area (Å²) in [6.07, 6.45) is 2.13. The maximum Gasteiger partial charge on any atom is 0.545 e. The molecule has 6 rings (SSSR count). The molecule has 5 atom stereocenters. The Bertz CT molecular complexity index is 3020. The van der Waals surface area contributed by atoms with Crippen LogP contribution in [0.3, 0.4) is 0 Å². The summed E-state index contributed by atoms with van der Waals surface area (Å²) in [7, 11) is -10.1. The second kappa shape index (κ2) is 28.6. The van der Waals surface area contributed by atoms with Crippen LogP contribution in [0.15, 0.2) is 177 Å². The van der Waals surface area contributed by atoms with E-state index in [1.165, 1.54) is 4.78 Å². The Balaban J connectivity index is 1.08. The van der Waals surface area contributed by atoms with Crippen LogP contribution < -0.4 is 34.2 Å². The molecule has 0 heterocycles. The van der Waals surface area contributed by atoms with E-state index in [1.54, 1.807) is 48.8 Å². The van der Waals surface area contributed by atoms with Gasteiger partial charge in [0.2, 0.25) is 23.6 Å². The minimum Gasteiger partial charge on any atom is -0.472 e. The first-order valence-electron chi connectivity index (χ1n) is 21.8. The molecule has 19 nitrogen and oxygen atoms in total. The van der Waals surface area contributed by atoms with Crippen molar-refractivity contribution in [3.05, 3.63) is 185 Å². The van der Waals surface area contributed by atoms with Crippen molar-refractivity contribution in [1.82, 2.24) is 14.7 Å². The highest BCUT2D eigenvalue weighted by Gasteiger charge is 2.34. The quantitative estimate of drug-likeness (QED) is 0.00712. The fourth-order valence-electron chi connectivity index (χ4n) is 6.68. The van der Waals surface area contributed by atoms with Crippen molar-refractivity contribution in [3.8, 4) is 23.0 Å². The van der Waals surface area contributed by atoms with Crippen LogP contribution in [-0.4, -0.2) is 86.6 Å². The molecule has 0 aliphatic carbocycles. The lowest BCUT2D eigenvalue weighted by atomic mass is 10.1. The van der Waals surface area contributed by atoms with Gasteiger partial charge in [0.05, 0.1) is 26.9 Å². The maximum absolute atomic E-state index is 11.5. The summed E-state index contributed by atoms with van der Waals surface area (Å²) in [4.78, 5) is 44.9. The molecule has 6 aromatic rings. The van der Waals surface area contributed by atoms with Gasteiger partial charge >= 0.3 is 29.3 Å². The molecule has 0 amide bonds. The van der Waals surface area contributed by atoms with Gasteiger partial charge in [-0.2, -0.15) is 5.10 Å². The molecular formula is C45H51N9O10P8S2+2. The van der Waals surface area contributed by atoms with Gasteiger partial charge in [-0.05, 0) is 118 Å². The van der Waals surface area contributed by atoms with Crippen molar-refractivity contribution in [2.45, 2.75) is 6.42 Å². The molecule has 0 fully saturated rings. The number of hydrazone groups is 2. The highest BCUT2D eigenvalue weighted by Crippen LogP contribution is 2.63. The SMILES string of the molecule is CN(COc1ccc(P(=N[P+](=S)Oc2ccc(C=NN(C)[P+](=S)Oc3ccc(CCN(CP(=O)(O)O)CP(=O)(O)O)cc3)cc2)(c2ccccc2)c2ccccc2)cc1)N=Cc1ccc(OPP(P)N=[N+]=[N-])cc1. The van der Waals surface area contributed by atoms with Crippen molar-refractivity contribution in [1.29, 1.82) is 0 Å². The first kappa shape index (κ1) is 58.8. The van der Waals surface area contributed by atoms with Crippen molar-refractivity contribution < 1.29 is 47.0 Å². The van der Waals surface area contributed by atoms with Crippen LogP contribution in [0, 0.1) is 0 Å². The summed E-state index contributed by atoms with van der Waals surface area (Å²) in [6, 6.07) is 49.8. The Morgan fingerprint density at radius 2 is 1.18 bits per heavy atom. The Morgan fingerprint density at radius 1 is 0.689 bits per heavy atom. The van der Waals surface area contributed by atoms with E-state index in [0.717, 1.165) is 37.5 Å². The minimum atomic E-state index is -4.53. The van der Waals surface area contributed by atoms with E-state index in [2.05, 4.69) is 53.2 Å². The Hall–Kier alpha value is -4.41. The summed E-state index contributed by atoms with van der Waals surface area (Å²) < 4.78 is 54.2. The normalized spacial score (nSPS) is 12.9. The summed E-state index contributed by atoms with van der Waals surface area (Å²) in [5, 5.41) is 13.7. The lowest BCUT2D eigenvalue weighted by Gasteiger charge is -2.23. The lowest BCUT2D eigenvalue weighted by Crippen LogP contribution is -2.28. The monoisotopic (exact) mass is 1190 g/mol. The molecule has 0 aliphatic rings. The predicted octanol–water partition coefficient (Wildman–Crippen LogP) is 10.9. The molecule has 0 spiro atoms. The second-order valence-corrected chi connectivity index (χ2v) is 32.4. The van der Waals surface area contributed by atoms with Gasteiger partial charge in [-0.25, -0.2) is 0 Å². The highest BCUT2D eigenvalue weighted by molar-refractivity contribution is 8.46. The van der Waals surface area contributed by atoms with Crippen molar-refractivity contribution in [3.63, 3.8) is 0 Å². The molecule has 6 aromatic carbocycles. The van der Waals surface area contributed by atoms with Gasteiger partial charge in [-0.15, -0.1) is 5.10 Å². The number of benzene rings is 6. The predicted molar refractivity (Wildman–Crippen MR) is 312 cm³/mol. The number of rotatable bonds is 27. The van der Waals surface area contributed by atoms with Gasteiger partial charge < -0.3 is 28.8 Å². The molecule has 0 aromatic heterocycles. The van der Waals surface area contributed by atoms with Crippen LogP contribution in [-0.2, 0) is 39.2 Å². The molecule has 4 N–H and O–H groups in total. The van der Waals surface area contributed by atoms with Crippen molar-refractivity contribution in [2.75, 3.05) is 39.9 Å². The molecule has 386 valence electrons. The zero-order valence-electron chi connectivity index (χ0n) is 39.5. The van der Waals surface area contributed by atoms with E-state index in [1.807, 2.05) is 116 Å². The van der Waals surface area contributed by atoms with Crippen LogP contribution in [0.2, 0.25) is 0 Å². The molecule has 0 saturated heterocycles. The first-order valence-corrected chi connectivity index (χ1v) is 36.3. The van der Waals surface area contributed by atoms with Crippen LogP contribution >= 0.6 is 61.3 Å². The van der Waals surface area contributed by atoms with Crippen LogP contribution in [0.25, 0.3) is 10.4 Å². The van der Waals surface area contributed by atoms with Gasteiger partial charge in [0.1, 0.15) is 39.6 Å². The third kappa shape index (κ3) is 19.3. The van der Waals surface area contributed by atoms with E-state index in [9.17, 15) is 28.7 Å². The van der Waals surface area contributed by atoms with E-state index in [4.69, 9.17) is 52.0 Å². The zero-order chi connectivity index (χ0) is 53.1. The highest BCUT2D eigenvalue weighted by atomic mass is 32.4. The van der Waals surface area contributed by atoms with E-state index >= 15 is 0 Å². The topological polar surface area (TPSA) is 248 Å². The fourth-order valence-corrected chi connectivity index (χ4v) is 17.7. The van der Waals surface area contributed by atoms with E-state index < -0.39 is 56.4 Å². The van der Waals surface area contributed by atoms with E-state index in [0.29, 0.717) is 23.0 Å². The number of azide groups is 1. The standard InChI is InChI=1S/C45H49N9O10P8S2/c1-52(47-31-37-15-19-40(20-16-37)62-66-68(65)50-49-46)33-61-39-25-27-45(28-26-39)72(43-9-5-3-6-10-43,44-11-7-4-8-12-44)51-67(73)63-41-23-17-38(18-24-41)32-48-53(2)69(74)64-42-21-13-36(14-22-42)29-30-54(34-70(55,56)57)35-71(58,59)60/h3-28,31-32,66H,29-30,33-35,65H2,1-2H3,(H2-2,55,56,57,58,59,60)/p+2. The minimum absolute atomic E-state index is 0.0223. The summed E-state index contributed by atoms with van der Waals surface area (Å²) in [5.41, 5.74) is 11.0. The average molecular weight is 1190 g/mol. The van der Waals surface area contributed by atoms with Crippen LogP contribution in [0.1, 0.15) is 16.7 Å². The Kier molecular flexibility index (Phi) is 22.8. The Labute approximate surface area is 446 Å². The van der Waals surface area contributed by atoms with E-state index in [-0.39, 0.29) is 28.2 Å². The maximum atomic E-state index is 11.5. The van der Waals surface area contributed by atoms with Crippen LogP contribution in [0.5, 0.6) is 23.0 Å². The molecular weight excluding hydrogens is 1140 g/mol. The molecule has 29 heteroatoms. The van der Waals surface area contributed by atoms with Gasteiger partial charge in [0.15, 0.2) is 18.2 Å². The molecule has 0 saturated carbocycles. The first-order chi connectivity index (χ1) is 35.4. The van der Waals surface area contributed by atoms with Crippen molar-refractivity contribution in [2.24, 2.45) is 19.6 Å². The summed E-state index contributed by atoms with van der Waals surface area (Å²) >= 11 is 11.7. The number of hydrogen-bond acceptors (Lipinski definition) is 13. The molecule has 0 aliphatic heterocycles. The molecule has 0 radical (unpaired) electrons. The molecule has 0 bridgehead atoms. The third-order valence-electron chi connectivity index (χ3n) is 10.0. The molecule has 74 heavy (non-hydrogen) atoms. The van der Waals surface area contributed by atoms with Gasteiger partial charge in [0.25, 0.3) is 0 Å². The number of hydrogen-bond donors (Lipinski definition) is 4. The van der Waals surface area contributed by atoms with Crippen LogP contribution in [0.4, 0.5) is 0 Å². The fraction of sp³-hybridized carbons (Fsp3) is 0.156. The van der Waals surface area contributed by atoms with Gasteiger partial charge in [0, 0.05) is 34.4 Å². The smallest absolute Gasteiger partial charge is 0.472 e. The number of nitrogens with zero attached hydrogens (tertiary/aromatic N) is 9. The lowest BCUT2D eigenvalue weighted by molar-refractivity contribution is 0.158. The zero-order valence-corrected chi connectivity index (χ0v) is 48.7. The van der Waals surface area contributed by atoms with Gasteiger partial charge in [-0.3, -0.25) is 28.1 Å². The second-order valence-electron chi connectivity index (χ2n) is 15.7. The van der Waals surface area contributed by atoms with Gasteiger partial charge in [-0.1, -0.05) is 91.4 Å². The number of ether oxygens (including phenoxy) is 1. The molecule has 5 unspecified atom stereocenters. The summed E-state index contributed by atoms with van der Waals surface area (Å²) in [6.45, 7) is 0.214. The van der Waals surface area contributed by atoms with Crippen molar-refractivity contribution >= 4 is 113 Å². The summed E-state index contributed by atoms with van der Waals surface area (Å²) in [5.74, 6) is 2.35.